The number of anilines is 1. The molecule has 1 unspecified atom stereocenters. The molecule has 6 nitrogen and oxygen atoms in total. The van der Waals surface area contributed by atoms with Gasteiger partial charge in [-0.3, -0.25) is 4.79 Å². The van der Waals surface area contributed by atoms with E-state index < -0.39 is 12.1 Å². The maximum absolute atomic E-state index is 12.9. The molecule has 1 atom stereocenters. The van der Waals surface area contributed by atoms with Gasteiger partial charge in [-0.25, -0.2) is 4.68 Å². The molecule has 34 heavy (non-hydrogen) atoms. The highest BCUT2D eigenvalue weighted by molar-refractivity contribution is 7.84. The Hall–Kier alpha value is -4.28. The second-order valence-corrected chi connectivity index (χ2v) is 8.39. The number of amides is 1. The van der Waals surface area contributed by atoms with E-state index >= 15 is 0 Å². The number of thiol groups is 1. The van der Waals surface area contributed by atoms with Crippen LogP contribution in [0.4, 0.5) is 5.69 Å². The topological polar surface area (TPSA) is 74.0 Å². The van der Waals surface area contributed by atoms with Gasteiger partial charge in [0.15, 0.2) is 0 Å². The Morgan fingerprint density at radius 1 is 0.941 bits per heavy atom. The number of nitriles is 1. The van der Waals surface area contributed by atoms with Crippen molar-refractivity contribution in [2.45, 2.75) is 13.1 Å². The fraction of sp³-hybridized carbons (Fsp3) is 0.0741. The molecular formula is C27H21N5OS. The zero-order valence-corrected chi connectivity index (χ0v) is 19.3. The first-order valence-electron chi connectivity index (χ1n) is 10.8. The van der Waals surface area contributed by atoms with E-state index in [4.69, 9.17) is 5.10 Å². The standard InChI is InChI=1S/C27H21N5OS/c1-18-12-14-21(15-13-18)32-25(29-26(33)22(16-28)27(32)34)23-17-31(20-10-6-3-7-11-20)30-24(23)19-8-4-2-5-9-19/h2-15,17,25,34H,1H3,(H,29,33). The molecule has 1 N–H and O–H groups in total. The van der Waals surface area contributed by atoms with Gasteiger partial charge in [0.1, 0.15) is 17.8 Å². The van der Waals surface area contributed by atoms with Crippen molar-refractivity contribution >= 4 is 24.2 Å². The molecule has 1 amide bonds. The monoisotopic (exact) mass is 463 g/mol. The van der Waals surface area contributed by atoms with Gasteiger partial charge in [-0.1, -0.05) is 66.2 Å². The van der Waals surface area contributed by atoms with Crippen LogP contribution in [-0.2, 0) is 4.79 Å². The van der Waals surface area contributed by atoms with Crippen LogP contribution in [0.2, 0.25) is 0 Å². The molecule has 0 saturated carbocycles. The Morgan fingerprint density at radius 2 is 1.59 bits per heavy atom. The van der Waals surface area contributed by atoms with E-state index in [-0.39, 0.29) is 5.57 Å². The Kier molecular flexibility index (Phi) is 5.66. The fourth-order valence-corrected chi connectivity index (χ4v) is 4.40. The van der Waals surface area contributed by atoms with Gasteiger partial charge in [-0.2, -0.15) is 10.4 Å². The average Bonchev–Trinajstić information content (AvgIpc) is 3.31. The smallest absolute Gasteiger partial charge is 0.266 e. The molecule has 166 valence electrons. The lowest BCUT2D eigenvalue weighted by Crippen LogP contribution is -2.46. The van der Waals surface area contributed by atoms with Crippen molar-refractivity contribution in [3.63, 3.8) is 0 Å². The summed E-state index contributed by atoms with van der Waals surface area (Å²) >= 11 is 4.63. The van der Waals surface area contributed by atoms with Crippen LogP contribution < -0.4 is 10.2 Å². The summed E-state index contributed by atoms with van der Waals surface area (Å²) in [5, 5.41) is 17.8. The van der Waals surface area contributed by atoms with Crippen LogP contribution in [0, 0.1) is 18.3 Å². The predicted molar refractivity (Wildman–Crippen MR) is 135 cm³/mol. The van der Waals surface area contributed by atoms with Crippen molar-refractivity contribution in [1.82, 2.24) is 15.1 Å². The number of benzene rings is 3. The van der Waals surface area contributed by atoms with Gasteiger partial charge in [0.25, 0.3) is 5.91 Å². The number of hydrogen-bond donors (Lipinski definition) is 2. The minimum absolute atomic E-state index is 0.0307. The van der Waals surface area contributed by atoms with E-state index in [9.17, 15) is 10.1 Å². The van der Waals surface area contributed by atoms with Gasteiger partial charge < -0.3 is 10.2 Å². The number of aryl methyl sites for hydroxylation is 1. The molecular weight excluding hydrogens is 442 g/mol. The Morgan fingerprint density at radius 3 is 2.24 bits per heavy atom. The van der Waals surface area contributed by atoms with Gasteiger partial charge >= 0.3 is 0 Å². The van der Waals surface area contributed by atoms with Crippen LogP contribution in [0.25, 0.3) is 16.9 Å². The highest BCUT2D eigenvalue weighted by Crippen LogP contribution is 2.39. The number of hydrogen-bond acceptors (Lipinski definition) is 5. The molecule has 0 spiro atoms. The third kappa shape index (κ3) is 3.85. The van der Waals surface area contributed by atoms with Gasteiger partial charge in [-0.05, 0) is 31.2 Å². The van der Waals surface area contributed by atoms with Crippen molar-refractivity contribution < 1.29 is 4.79 Å². The molecule has 4 aromatic rings. The van der Waals surface area contributed by atoms with Gasteiger partial charge in [0, 0.05) is 23.0 Å². The number of nitrogens with zero attached hydrogens (tertiary/aromatic N) is 4. The SMILES string of the molecule is Cc1ccc(N2C(S)=C(C#N)C(=O)NC2c2cn(-c3ccccc3)nc2-c2ccccc2)cc1. The van der Waals surface area contributed by atoms with E-state index in [0.717, 1.165) is 33.8 Å². The second kappa shape index (κ2) is 8.93. The Bertz CT molecular complexity index is 1420. The summed E-state index contributed by atoms with van der Waals surface area (Å²) in [4.78, 5) is 14.7. The van der Waals surface area contributed by atoms with Crippen LogP contribution in [0.15, 0.2) is 102 Å². The number of carbonyl (C=O) groups is 1. The summed E-state index contributed by atoms with van der Waals surface area (Å²) in [6.07, 6.45) is 1.30. The summed E-state index contributed by atoms with van der Waals surface area (Å²) in [6, 6.07) is 29.5. The molecule has 2 heterocycles. The van der Waals surface area contributed by atoms with E-state index in [1.807, 2.05) is 109 Å². The number of aromatic nitrogens is 2. The van der Waals surface area contributed by atoms with Crippen LogP contribution in [0.3, 0.4) is 0 Å². The number of para-hydroxylation sites is 1. The van der Waals surface area contributed by atoms with E-state index in [1.54, 1.807) is 4.68 Å². The minimum Gasteiger partial charge on any atom is -0.327 e. The molecule has 0 aliphatic carbocycles. The molecule has 1 aliphatic heterocycles. The maximum Gasteiger partial charge on any atom is 0.266 e. The van der Waals surface area contributed by atoms with Crippen LogP contribution in [0.1, 0.15) is 17.3 Å². The van der Waals surface area contributed by atoms with Gasteiger partial charge in [0.05, 0.1) is 16.4 Å². The number of rotatable bonds is 4. The van der Waals surface area contributed by atoms with Crippen molar-refractivity contribution in [1.29, 1.82) is 5.26 Å². The Labute approximate surface area is 203 Å². The summed E-state index contributed by atoms with van der Waals surface area (Å²) in [7, 11) is 0. The molecule has 7 heteroatoms. The zero-order chi connectivity index (χ0) is 23.7. The second-order valence-electron chi connectivity index (χ2n) is 7.97. The third-order valence-corrected chi connectivity index (χ3v) is 6.17. The van der Waals surface area contributed by atoms with Crippen molar-refractivity contribution in [3.8, 4) is 23.0 Å². The van der Waals surface area contributed by atoms with E-state index in [1.165, 1.54) is 0 Å². The van der Waals surface area contributed by atoms with Crippen molar-refractivity contribution in [2.24, 2.45) is 0 Å². The molecule has 3 aromatic carbocycles. The first kappa shape index (κ1) is 21.6. The van der Waals surface area contributed by atoms with Crippen LogP contribution >= 0.6 is 12.6 Å². The highest BCUT2D eigenvalue weighted by Gasteiger charge is 2.36. The molecule has 0 bridgehead atoms. The fourth-order valence-electron chi connectivity index (χ4n) is 4.02. The predicted octanol–water partition coefficient (Wildman–Crippen LogP) is 5.15. The first-order valence-corrected chi connectivity index (χ1v) is 11.2. The lowest BCUT2D eigenvalue weighted by atomic mass is 10.0. The van der Waals surface area contributed by atoms with Crippen molar-refractivity contribution in [3.05, 3.63) is 113 Å². The molecule has 0 radical (unpaired) electrons. The largest absolute Gasteiger partial charge is 0.327 e. The zero-order valence-electron chi connectivity index (χ0n) is 18.4. The average molecular weight is 464 g/mol. The van der Waals surface area contributed by atoms with E-state index in [2.05, 4.69) is 17.9 Å². The molecule has 5 rings (SSSR count). The van der Waals surface area contributed by atoms with Crippen molar-refractivity contribution in [2.75, 3.05) is 4.90 Å². The van der Waals surface area contributed by atoms with Crippen LogP contribution in [-0.4, -0.2) is 15.7 Å². The molecule has 1 aliphatic rings. The molecule has 1 aromatic heterocycles. The first-order chi connectivity index (χ1) is 16.6. The summed E-state index contributed by atoms with van der Waals surface area (Å²) in [5.41, 5.74) is 5.21. The molecule has 0 fully saturated rings. The summed E-state index contributed by atoms with van der Waals surface area (Å²) < 4.78 is 1.80. The number of carbonyl (C=O) groups excluding carboxylic acids is 1. The normalized spacial score (nSPS) is 15.7. The summed E-state index contributed by atoms with van der Waals surface area (Å²) in [5.74, 6) is -0.465. The maximum atomic E-state index is 12.9. The van der Waals surface area contributed by atoms with Crippen LogP contribution in [0.5, 0.6) is 0 Å². The summed E-state index contributed by atoms with van der Waals surface area (Å²) in [6.45, 7) is 2.01. The lowest BCUT2D eigenvalue weighted by Gasteiger charge is -2.37. The Balaban J connectivity index is 1.73. The van der Waals surface area contributed by atoms with E-state index in [0.29, 0.717) is 5.03 Å². The van der Waals surface area contributed by atoms with Gasteiger partial charge in [0.2, 0.25) is 0 Å². The quantitative estimate of drug-likeness (QED) is 0.411. The highest BCUT2D eigenvalue weighted by atomic mass is 32.1. The lowest BCUT2D eigenvalue weighted by molar-refractivity contribution is -0.118. The third-order valence-electron chi connectivity index (χ3n) is 5.73. The number of nitrogens with one attached hydrogen (secondary N) is 1. The molecule has 0 saturated heterocycles. The van der Waals surface area contributed by atoms with Gasteiger partial charge in [-0.15, -0.1) is 12.6 Å². The minimum atomic E-state index is -0.618.